The van der Waals surface area contributed by atoms with Crippen LogP contribution in [0.1, 0.15) is 265 Å². The van der Waals surface area contributed by atoms with E-state index in [-0.39, 0.29) is 19.4 Å². The summed E-state index contributed by atoms with van der Waals surface area (Å²) in [6, 6.07) is -1.03. The Labute approximate surface area is 464 Å². The van der Waals surface area contributed by atoms with Gasteiger partial charge in [-0.25, -0.2) is 0 Å². The van der Waals surface area contributed by atoms with Gasteiger partial charge in [0.25, 0.3) is 0 Å². The summed E-state index contributed by atoms with van der Waals surface area (Å²) in [6.45, 7) is 5.64. The summed E-state index contributed by atoms with van der Waals surface area (Å²) in [5, 5.41) is 57.0. The van der Waals surface area contributed by atoms with Gasteiger partial charge < -0.3 is 45.1 Å². The summed E-state index contributed by atoms with van der Waals surface area (Å²) in [5.41, 5.74) is 0. The van der Waals surface area contributed by atoms with Crippen molar-refractivity contribution in [2.75, 3.05) is 13.2 Å². The van der Waals surface area contributed by atoms with Crippen molar-refractivity contribution in [2.45, 2.75) is 314 Å². The molecule has 76 heavy (non-hydrogen) atoms. The molecule has 8 unspecified atom stereocenters. The molecule has 1 aliphatic heterocycles. The maximum atomic E-state index is 13.4. The fraction of sp³-hybridized carbons (Fsp3) is 0.785. The molecule has 0 saturated carbocycles. The van der Waals surface area contributed by atoms with Crippen molar-refractivity contribution in [1.29, 1.82) is 0 Å². The highest BCUT2D eigenvalue weighted by molar-refractivity contribution is 5.80. The molecule has 0 aliphatic carbocycles. The molecule has 0 bridgehead atoms. The molecule has 0 aromatic carbocycles. The molecule has 1 fully saturated rings. The number of hydrogen-bond acceptors (Lipinski definition) is 10. The van der Waals surface area contributed by atoms with Gasteiger partial charge >= 0.3 is 5.97 Å². The fourth-order valence-corrected chi connectivity index (χ4v) is 9.48. The predicted octanol–water partition coefficient (Wildman–Crippen LogP) is 14.8. The zero-order valence-electron chi connectivity index (χ0n) is 48.6. The Kier molecular flexibility index (Phi) is 49.4. The SMILES string of the molecule is CC/C=C/C=C/C=C/C=C\CCCCCCCC(=O)OC1C(OCC(NC(=O)C(O)CCCCCCCCCCCC/C=C/CCCCCCCC)C(O)/C=C/CCCCCCCCCCCC)OC(CO)C(O)C1O. The molecule has 1 heterocycles. The highest BCUT2D eigenvalue weighted by Crippen LogP contribution is 2.26. The number of unbranched alkanes of at least 4 members (excludes halogenated alkanes) is 31. The molecule has 440 valence electrons. The lowest BCUT2D eigenvalue weighted by molar-refractivity contribution is -0.305. The zero-order valence-corrected chi connectivity index (χ0v) is 48.6. The molecule has 1 saturated heterocycles. The minimum absolute atomic E-state index is 0.0953. The van der Waals surface area contributed by atoms with Crippen molar-refractivity contribution in [1.82, 2.24) is 5.32 Å². The van der Waals surface area contributed by atoms with E-state index >= 15 is 0 Å². The predicted molar refractivity (Wildman–Crippen MR) is 315 cm³/mol. The van der Waals surface area contributed by atoms with Crippen LogP contribution < -0.4 is 5.32 Å². The molecule has 0 aromatic heterocycles. The minimum Gasteiger partial charge on any atom is -0.454 e. The molecular weight excluding hydrogens is 955 g/mol. The molecule has 0 radical (unpaired) electrons. The van der Waals surface area contributed by atoms with E-state index in [0.29, 0.717) is 12.8 Å². The van der Waals surface area contributed by atoms with E-state index in [2.05, 4.69) is 50.4 Å². The van der Waals surface area contributed by atoms with E-state index in [0.717, 1.165) is 77.0 Å². The van der Waals surface area contributed by atoms with E-state index in [1.165, 1.54) is 141 Å². The summed E-state index contributed by atoms with van der Waals surface area (Å²) in [4.78, 5) is 26.5. The first-order valence-electron chi connectivity index (χ1n) is 31.3. The second-order valence-corrected chi connectivity index (χ2v) is 21.5. The van der Waals surface area contributed by atoms with Crippen LogP contribution in [0.4, 0.5) is 0 Å². The van der Waals surface area contributed by atoms with E-state index in [1.54, 1.807) is 6.08 Å². The zero-order chi connectivity index (χ0) is 55.4. The van der Waals surface area contributed by atoms with Crippen LogP contribution in [-0.2, 0) is 23.8 Å². The van der Waals surface area contributed by atoms with Crippen LogP contribution >= 0.6 is 0 Å². The second-order valence-electron chi connectivity index (χ2n) is 21.5. The Hall–Kier alpha value is -2.90. The lowest BCUT2D eigenvalue weighted by Gasteiger charge is -2.41. The summed E-state index contributed by atoms with van der Waals surface area (Å²) >= 11 is 0. The van der Waals surface area contributed by atoms with E-state index in [4.69, 9.17) is 14.2 Å². The van der Waals surface area contributed by atoms with Crippen LogP contribution in [-0.4, -0.2) is 99.6 Å². The Morgan fingerprint density at radius 3 is 1.46 bits per heavy atom. The van der Waals surface area contributed by atoms with Crippen molar-refractivity contribution in [2.24, 2.45) is 0 Å². The third-order valence-corrected chi connectivity index (χ3v) is 14.4. The number of esters is 1. The van der Waals surface area contributed by atoms with Gasteiger partial charge in [0, 0.05) is 6.42 Å². The highest BCUT2D eigenvalue weighted by Gasteiger charge is 2.47. The van der Waals surface area contributed by atoms with Gasteiger partial charge in [-0.3, -0.25) is 9.59 Å². The molecule has 6 N–H and O–H groups in total. The number of rotatable bonds is 52. The number of aliphatic hydroxyl groups excluding tert-OH is 5. The van der Waals surface area contributed by atoms with E-state index < -0.39 is 67.4 Å². The van der Waals surface area contributed by atoms with Crippen molar-refractivity contribution < 1.29 is 49.3 Å². The first kappa shape index (κ1) is 71.1. The van der Waals surface area contributed by atoms with Crippen LogP contribution in [0.2, 0.25) is 0 Å². The van der Waals surface area contributed by atoms with E-state index in [1.807, 2.05) is 42.5 Å². The van der Waals surface area contributed by atoms with Gasteiger partial charge in [0.1, 0.15) is 24.4 Å². The fourth-order valence-electron chi connectivity index (χ4n) is 9.48. The minimum atomic E-state index is -1.63. The van der Waals surface area contributed by atoms with Gasteiger partial charge in [0.05, 0.1) is 25.4 Å². The Morgan fingerprint density at radius 1 is 0.526 bits per heavy atom. The number of hydrogen-bond donors (Lipinski definition) is 6. The normalized spacial score (nSPS) is 19.6. The Morgan fingerprint density at radius 2 is 0.961 bits per heavy atom. The average Bonchev–Trinajstić information content (AvgIpc) is 3.42. The lowest BCUT2D eigenvalue weighted by Crippen LogP contribution is -2.61. The van der Waals surface area contributed by atoms with Crippen molar-refractivity contribution in [3.05, 3.63) is 72.9 Å². The number of carbonyl (C=O) groups is 2. The third-order valence-electron chi connectivity index (χ3n) is 14.4. The maximum absolute atomic E-state index is 13.4. The lowest BCUT2D eigenvalue weighted by atomic mass is 9.99. The van der Waals surface area contributed by atoms with Crippen LogP contribution in [0.5, 0.6) is 0 Å². The highest BCUT2D eigenvalue weighted by atomic mass is 16.7. The Balaban J connectivity index is 2.68. The van der Waals surface area contributed by atoms with Gasteiger partial charge in [-0.15, -0.1) is 0 Å². The van der Waals surface area contributed by atoms with Crippen LogP contribution in [0.25, 0.3) is 0 Å². The van der Waals surface area contributed by atoms with Crippen molar-refractivity contribution in [3.8, 4) is 0 Å². The van der Waals surface area contributed by atoms with Gasteiger partial charge in [-0.05, 0) is 70.6 Å². The molecule has 1 amide bonds. The molecule has 8 atom stereocenters. The van der Waals surface area contributed by atoms with Crippen LogP contribution in [0.15, 0.2) is 72.9 Å². The quantitative estimate of drug-likeness (QED) is 0.0149. The Bertz CT molecular complexity index is 1510. The number of amides is 1. The molecule has 0 aromatic rings. The number of carbonyl (C=O) groups excluding carboxylic acids is 2. The van der Waals surface area contributed by atoms with Crippen LogP contribution in [0.3, 0.4) is 0 Å². The standard InChI is InChI=1S/C65H115NO10/c1-4-7-10-13-16-19-22-25-27-28-29-30-31-33-34-37-40-43-46-49-52-58(69)64(73)66-56(57(68)51-48-45-42-39-36-24-21-18-15-12-9-6-3)55-74-65-63(62(72)61(71)59(54-67)75-65)76-60(70)53-50-47-44-41-38-35-32-26-23-20-17-14-11-8-5-2/h8,11,14,17,20,23,25-27,32,48,51,56-59,61-63,65,67-69,71-72H,4-7,9-10,12-13,15-16,18-19,21-22,24,28-31,33-47,49-50,52-55H2,1-3H3,(H,66,73)/b11-8+,17-14+,23-20+,27-25+,32-26-,51-48+. The van der Waals surface area contributed by atoms with Gasteiger partial charge in [0.2, 0.25) is 5.91 Å². The molecular formula is C65H115NO10. The van der Waals surface area contributed by atoms with Crippen LogP contribution in [0, 0.1) is 0 Å². The summed E-state index contributed by atoms with van der Waals surface area (Å²) in [5.74, 6) is -1.22. The van der Waals surface area contributed by atoms with Crippen molar-refractivity contribution >= 4 is 11.9 Å². The monoisotopic (exact) mass is 1070 g/mol. The first-order chi connectivity index (χ1) is 37.2. The van der Waals surface area contributed by atoms with Gasteiger partial charge in [-0.2, -0.15) is 0 Å². The smallest absolute Gasteiger partial charge is 0.306 e. The largest absolute Gasteiger partial charge is 0.454 e. The number of aliphatic hydroxyl groups is 5. The molecule has 11 nitrogen and oxygen atoms in total. The van der Waals surface area contributed by atoms with Crippen molar-refractivity contribution in [3.63, 3.8) is 0 Å². The third kappa shape index (κ3) is 40.3. The summed E-state index contributed by atoms with van der Waals surface area (Å²) in [7, 11) is 0. The number of allylic oxidation sites excluding steroid dienone is 11. The van der Waals surface area contributed by atoms with E-state index in [9.17, 15) is 35.1 Å². The topological polar surface area (TPSA) is 175 Å². The summed E-state index contributed by atoms with van der Waals surface area (Å²) in [6.07, 6.45) is 56.5. The molecule has 11 heteroatoms. The molecule has 0 spiro atoms. The van der Waals surface area contributed by atoms with Gasteiger partial charge in [-0.1, -0.05) is 261 Å². The first-order valence-corrected chi connectivity index (χ1v) is 31.3. The summed E-state index contributed by atoms with van der Waals surface area (Å²) < 4.78 is 17.6. The number of ether oxygens (including phenoxy) is 3. The van der Waals surface area contributed by atoms with Gasteiger partial charge in [0.15, 0.2) is 12.4 Å². The molecule has 1 aliphatic rings. The maximum Gasteiger partial charge on any atom is 0.306 e. The average molecular weight is 1070 g/mol. The second kappa shape index (κ2) is 52.8. The number of nitrogens with one attached hydrogen (secondary N) is 1. The molecule has 1 rings (SSSR count).